The second-order valence-electron chi connectivity index (χ2n) is 7.07. The molecule has 1 N–H and O–H groups in total. The quantitative estimate of drug-likeness (QED) is 0.368. The fourth-order valence-electron chi connectivity index (χ4n) is 3.36. The third-order valence-corrected chi connectivity index (χ3v) is 5.85. The first-order valence-corrected chi connectivity index (χ1v) is 11.3. The number of nitrogens with zero attached hydrogens (tertiary/aromatic N) is 3. The molecule has 3 aromatic carbocycles. The molecule has 1 heterocycles. The fourth-order valence-corrected chi connectivity index (χ4v) is 4.12. The smallest absolute Gasteiger partial charge is 0.234 e. The van der Waals surface area contributed by atoms with E-state index in [1.54, 1.807) is 7.11 Å². The van der Waals surface area contributed by atoms with Crippen LogP contribution in [0.2, 0.25) is 0 Å². The number of hydrogen-bond donors (Lipinski definition) is 1. The molecule has 0 radical (unpaired) electrons. The predicted molar refractivity (Wildman–Crippen MR) is 129 cm³/mol. The molecular weight excluding hydrogens is 420 g/mol. The average molecular weight is 445 g/mol. The van der Waals surface area contributed by atoms with Crippen molar-refractivity contribution in [2.75, 3.05) is 24.8 Å². The standard InChI is InChI=1S/C25H24N4O2S/c1-31-17-16-29-24(20-12-6-3-7-13-20)27-28-25(29)32-18-23(30)26-22-15-9-8-14-21(22)19-10-4-2-5-11-19/h2-15H,16-18H2,1H3,(H,26,30). The molecule has 0 unspecified atom stereocenters. The number of rotatable bonds is 9. The molecule has 6 nitrogen and oxygen atoms in total. The molecule has 32 heavy (non-hydrogen) atoms. The Morgan fingerprint density at radius 3 is 2.28 bits per heavy atom. The molecule has 7 heteroatoms. The monoisotopic (exact) mass is 444 g/mol. The lowest BCUT2D eigenvalue weighted by Crippen LogP contribution is -2.15. The van der Waals surface area contributed by atoms with Crippen LogP contribution < -0.4 is 5.32 Å². The number of ether oxygens (including phenoxy) is 1. The Labute approximate surface area is 191 Å². The van der Waals surface area contributed by atoms with Gasteiger partial charge in [0.25, 0.3) is 0 Å². The first kappa shape index (κ1) is 21.8. The molecule has 4 rings (SSSR count). The summed E-state index contributed by atoms with van der Waals surface area (Å²) in [6.45, 7) is 1.14. The van der Waals surface area contributed by atoms with Crippen LogP contribution in [0.4, 0.5) is 5.69 Å². The van der Waals surface area contributed by atoms with E-state index in [9.17, 15) is 4.79 Å². The predicted octanol–water partition coefficient (Wildman–Crippen LogP) is 4.99. The molecular formula is C25H24N4O2S. The molecule has 0 aliphatic heterocycles. The van der Waals surface area contributed by atoms with Crippen molar-refractivity contribution in [3.8, 4) is 22.5 Å². The van der Waals surface area contributed by atoms with Crippen molar-refractivity contribution < 1.29 is 9.53 Å². The Morgan fingerprint density at radius 1 is 0.906 bits per heavy atom. The zero-order chi connectivity index (χ0) is 22.2. The van der Waals surface area contributed by atoms with Gasteiger partial charge in [-0.2, -0.15) is 0 Å². The van der Waals surface area contributed by atoms with Crippen LogP contribution in [0.1, 0.15) is 0 Å². The van der Waals surface area contributed by atoms with Crippen LogP contribution in [0.25, 0.3) is 22.5 Å². The summed E-state index contributed by atoms with van der Waals surface area (Å²) in [4.78, 5) is 12.8. The van der Waals surface area contributed by atoms with E-state index in [-0.39, 0.29) is 11.7 Å². The van der Waals surface area contributed by atoms with Gasteiger partial charge in [0.05, 0.1) is 18.9 Å². The number of para-hydroxylation sites is 1. The first-order chi connectivity index (χ1) is 15.8. The van der Waals surface area contributed by atoms with E-state index in [1.165, 1.54) is 11.8 Å². The van der Waals surface area contributed by atoms with Crippen LogP contribution >= 0.6 is 11.8 Å². The van der Waals surface area contributed by atoms with Gasteiger partial charge in [-0.3, -0.25) is 9.36 Å². The van der Waals surface area contributed by atoms with Crippen LogP contribution in [0.3, 0.4) is 0 Å². The van der Waals surface area contributed by atoms with E-state index in [2.05, 4.69) is 15.5 Å². The molecule has 1 amide bonds. The van der Waals surface area contributed by atoms with Gasteiger partial charge in [-0.1, -0.05) is 90.6 Å². The van der Waals surface area contributed by atoms with Gasteiger partial charge in [-0.15, -0.1) is 10.2 Å². The van der Waals surface area contributed by atoms with E-state index >= 15 is 0 Å². The number of thioether (sulfide) groups is 1. The van der Waals surface area contributed by atoms with Gasteiger partial charge in [-0.25, -0.2) is 0 Å². The first-order valence-electron chi connectivity index (χ1n) is 10.3. The molecule has 0 spiro atoms. The van der Waals surface area contributed by atoms with Crippen molar-refractivity contribution in [3.05, 3.63) is 84.9 Å². The lowest BCUT2D eigenvalue weighted by Gasteiger charge is -2.12. The Kier molecular flexibility index (Phi) is 7.32. The van der Waals surface area contributed by atoms with E-state index in [1.807, 2.05) is 89.5 Å². The van der Waals surface area contributed by atoms with Gasteiger partial charge in [0.15, 0.2) is 11.0 Å². The Morgan fingerprint density at radius 2 is 1.56 bits per heavy atom. The summed E-state index contributed by atoms with van der Waals surface area (Å²) >= 11 is 1.36. The highest BCUT2D eigenvalue weighted by atomic mass is 32.2. The minimum atomic E-state index is -0.0964. The third kappa shape index (κ3) is 5.25. The highest BCUT2D eigenvalue weighted by molar-refractivity contribution is 7.99. The highest BCUT2D eigenvalue weighted by Crippen LogP contribution is 2.28. The highest BCUT2D eigenvalue weighted by Gasteiger charge is 2.16. The third-order valence-electron chi connectivity index (χ3n) is 4.89. The van der Waals surface area contributed by atoms with Crippen molar-refractivity contribution in [2.24, 2.45) is 0 Å². The van der Waals surface area contributed by atoms with Crippen LogP contribution in [-0.2, 0) is 16.1 Å². The molecule has 1 aromatic heterocycles. The molecule has 162 valence electrons. The number of methoxy groups -OCH3 is 1. The molecule has 0 saturated carbocycles. The summed E-state index contributed by atoms with van der Waals surface area (Å²) in [5.74, 6) is 0.893. The Bertz CT molecular complexity index is 1160. The number of carbonyl (C=O) groups is 1. The van der Waals surface area contributed by atoms with E-state index in [4.69, 9.17) is 4.74 Å². The summed E-state index contributed by atoms with van der Waals surface area (Å²) in [5.41, 5.74) is 3.81. The van der Waals surface area contributed by atoms with E-state index in [0.717, 1.165) is 28.2 Å². The van der Waals surface area contributed by atoms with E-state index < -0.39 is 0 Å². The number of aromatic nitrogens is 3. The normalized spacial score (nSPS) is 10.8. The zero-order valence-corrected chi connectivity index (χ0v) is 18.6. The van der Waals surface area contributed by atoms with Gasteiger partial charge in [0.2, 0.25) is 5.91 Å². The summed E-state index contributed by atoms with van der Waals surface area (Å²) in [6, 6.07) is 27.7. The summed E-state index contributed by atoms with van der Waals surface area (Å²) < 4.78 is 7.25. The maximum absolute atomic E-state index is 12.8. The van der Waals surface area contributed by atoms with Crippen LogP contribution in [0, 0.1) is 0 Å². The number of anilines is 1. The fraction of sp³-hybridized carbons (Fsp3) is 0.160. The lowest BCUT2D eigenvalue weighted by molar-refractivity contribution is -0.113. The minimum absolute atomic E-state index is 0.0964. The van der Waals surface area contributed by atoms with Crippen molar-refractivity contribution >= 4 is 23.4 Å². The number of benzene rings is 3. The number of carbonyl (C=O) groups excluding carboxylic acids is 1. The molecule has 0 aliphatic rings. The molecule has 0 aliphatic carbocycles. The number of nitrogens with one attached hydrogen (secondary N) is 1. The number of amides is 1. The maximum atomic E-state index is 12.8. The molecule has 4 aromatic rings. The molecule has 0 atom stereocenters. The van der Waals surface area contributed by atoms with Crippen LogP contribution in [0.15, 0.2) is 90.1 Å². The average Bonchev–Trinajstić information content (AvgIpc) is 3.25. The van der Waals surface area contributed by atoms with Crippen molar-refractivity contribution in [1.29, 1.82) is 0 Å². The van der Waals surface area contributed by atoms with Gasteiger partial charge >= 0.3 is 0 Å². The van der Waals surface area contributed by atoms with Crippen molar-refractivity contribution in [3.63, 3.8) is 0 Å². The zero-order valence-electron chi connectivity index (χ0n) is 17.8. The summed E-state index contributed by atoms with van der Waals surface area (Å²) in [5, 5.41) is 12.4. The van der Waals surface area contributed by atoms with Crippen molar-refractivity contribution in [2.45, 2.75) is 11.7 Å². The van der Waals surface area contributed by atoms with Crippen molar-refractivity contribution in [1.82, 2.24) is 14.8 Å². The summed E-state index contributed by atoms with van der Waals surface area (Å²) in [7, 11) is 1.66. The molecule has 0 fully saturated rings. The SMILES string of the molecule is COCCn1c(SCC(=O)Nc2ccccc2-c2ccccc2)nnc1-c1ccccc1. The molecule has 0 bridgehead atoms. The minimum Gasteiger partial charge on any atom is -0.383 e. The van der Waals surface area contributed by atoms with Gasteiger partial charge < -0.3 is 10.1 Å². The second-order valence-corrected chi connectivity index (χ2v) is 8.01. The summed E-state index contributed by atoms with van der Waals surface area (Å²) in [6.07, 6.45) is 0. The lowest BCUT2D eigenvalue weighted by atomic mass is 10.0. The number of hydrogen-bond acceptors (Lipinski definition) is 5. The van der Waals surface area contributed by atoms with Gasteiger partial charge in [-0.05, 0) is 11.6 Å². The van der Waals surface area contributed by atoms with Crippen LogP contribution in [-0.4, -0.2) is 40.1 Å². The van der Waals surface area contributed by atoms with E-state index in [0.29, 0.717) is 18.3 Å². The van der Waals surface area contributed by atoms with Crippen LogP contribution in [0.5, 0.6) is 0 Å². The topological polar surface area (TPSA) is 69.0 Å². The second kappa shape index (κ2) is 10.7. The molecule has 0 saturated heterocycles. The van der Waals surface area contributed by atoms with Gasteiger partial charge in [0, 0.05) is 23.9 Å². The Balaban J connectivity index is 1.48. The maximum Gasteiger partial charge on any atom is 0.234 e. The largest absolute Gasteiger partial charge is 0.383 e. The Hall–Kier alpha value is -3.42. The van der Waals surface area contributed by atoms with Gasteiger partial charge in [0.1, 0.15) is 0 Å².